The van der Waals surface area contributed by atoms with Gasteiger partial charge in [0.1, 0.15) is 11.6 Å². The number of anilines is 1. The fraction of sp³-hybridized carbons (Fsp3) is 0.0952. The monoisotopic (exact) mass is 393 g/mol. The molecule has 3 rings (SSSR count). The fourth-order valence-electron chi connectivity index (χ4n) is 2.49. The van der Waals surface area contributed by atoms with E-state index in [9.17, 15) is 10.1 Å². The molecule has 6 heteroatoms. The number of halogens is 1. The van der Waals surface area contributed by atoms with E-state index in [4.69, 9.17) is 11.6 Å². The molecular formula is C21H16ClN3OS. The molecule has 0 bridgehead atoms. The summed E-state index contributed by atoms with van der Waals surface area (Å²) in [5.41, 5.74) is 2.86. The predicted molar refractivity (Wildman–Crippen MR) is 110 cm³/mol. The van der Waals surface area contributed by atoms with Gasteiger partial charge in [0.05, 0.1) is 0 Å². The molecule has 0 radical (unpaired) electrons. The number of hydrogen-bond donors (Lipinski definition) is 1. The number of thiazole rings is 1. The number of amides is 1. The summed E-state index contributed by atoms with van der Waals surface area (Å²) in [5, 5.41) is 13.2. The first-order valence-corrected chi connectivity index (χ1v) is 9.43. The van der Waals surface area contributed by atoms with Crippen LogP contribution in [-0.2, 0) is 11.2 Å². The van der Waals surface area contributed by atoms with E-state index >= 15 is 0 Å². The predicted octanol–water partition coefficient (Wildman–Crippen LogP) is 5.24. The molecule has 0 aliphatic heterocycles. The molecule has 0 unspecified atom stereocenters. The Kier molecular flexibility index (Phi) is 6.02. The zero-order chi connectivity index (χ0) is 19.2. The summed E-state index contributed by atoms with van der Waals surface area (Å²) >= 11 is 7.55. The first-order valence-electron chi connectivity index (χ1n) is 8.23. The number of aromatic nitrogens is 1. The first kappa shape index (κ1) is 18.8. The van der Waals surface area contributed by atoms with Gasteiger partial charge in [0.2, 0.25) is 0 Å². The van der Waals surface area contributed by atoms with Gasteiger partial charge in [-0.25, -0.2) is 4.98 Å². The van der Waals surface area contributed by atoms with Crippen molar-refractivity contribution in [3.63, 3.8) is 0 Å². The maximum Gasteiger partial charge on any atom is 0.268 e. The van der Waals surface area contributed by atoms with Crippen molar-refractivity contribution < 1.29 is 4.79 Å². The van der Waals surface area contributed by atoms with Gasteiger partial charge in [0.15, 0.2) is 5.13 Å². The Morgan fingerprint density at radius 2 is 2.00 bits per heavy atom. The van der Waals surface area contributed by atoms with E-state index < -0.39 is 5.91 Å². The Morgan fingerprint density at radius 3 is 2.74 bits per heavy atom. The molecule has 1 heterocycles. The van der Waals surface area contributed by atoms with Crippen LogP contribution in [0.25, 0.3) is 6.08 Å². The van der Waals surface area contributed by atoms with Crippen molar-refractivity contribution in [3.8, 4) is 6.07 Å². The van der Waals surface area contributed by atoms with E-state index in [1.165, 1.54) is 11.3 Å². The first-order chi connectivity index (χ1) is 13.1. The molecule has 0 aliphatic carbocycles. The van der Waals surface area contributed by atoms with Crippen LogP contribution < -0.4 is 5.32 Å². The highest BCUT2D eigenvalue weighted by Crippen LogP contribution is 2.25. The Morgan fingerprint density at radius 1 is 1.26 bits per heavy atom. The highest BCUT2D eigenvalue weighted by molar-refractivity contribution is 7.15. The van der Waals surface area contributed by atoms with Crippen molar-refractivity contribution >= 4 is 40.1 Å². The maximum atomic E-state index is 12.4. The summed E-state index contributed by atoms with van der Waals surface area (Å²) in [6.07, 6.45) is 3.93. The summed E-state index contributed by atoms with van der Waals surface area (Å²) in [5.74, 6) is -0.473. The molecule has 3 aromatic rings. The number of rotatable bonds is 5. The van der Waals surface area contributed by atoms with Crippen LogP contribution in [0.1, 0.15) is 21.6 Å². The molecule has 2 aromatic carbocycles. The van der Waals surface area contributed by atoms with Crippen molar-refractivity contribution in [2.24, 2.45) is 0 Å². The SMILES string of the molecule is Cc1ccccc1/C=C(/C#N)C(=O)Nc1ncc(Cc2ccccc2Cl)s1. The molecule has 0 atom stereocenters. The molecule has 0 saturated carbocycles. The number of nitriles is 1. The standard InChI is InChI=1S/C21H16ClN3OS/c1-14-6-2-3-7-15(14)10-17(12-23)20(26)25-21-24-13-18(27-21)11-16-8-4-5-9-19(16)22/h2-10,13H,11H2,1H3,(H,24,25,26)/b17-10-. The zero-order valence-electron chi connectivity index (χ0n) is 14.6. The zero-order valence-corrected chi connectivity index (χ0v) is 16.1. The normalized spacial score (nSPS) is 11.1. The van der Waals surface area contributed by atoms with Gasteiger partial charge < -0.3 is 0 Å². The molecule has 1 amide bonds. The third-order valence-corrected chi connectivity index (χ3v) is 5.23. The van der Waals surface area contributed by atoms with Gasteiger partial charge in [0, 0.05) is 22.5 Å². The Hall–Kier alpha value is -2.94. The average Bonchev–Trinajstić information content (AvgIpc) is 3.09. The second-order valence-corrected chi connectivity index (χ2v) is 7.40. The quantitative estimate of drug-likeness (QED) is 0.476. The Bertz CT molecular complexity index is 1050. The van der Waals surface area contributed by atoms with Gasteiger partial charge in [-0.15, -0.1) is 11.3 Å². The van der Waals surface area contributed by atoms with Gasteiger partial charge in [-0.05, 0) is 35.8 Å². The van der Waals surface area contributed by atoms with Crippen molar-refractivity contribution in [1.29, 1.82) is 5.26 Å². The summed E-state index contributed by atoms with van der Waals surface area (Å²) in [6.45, 7) is 1.93. The lowest BCUT2D eigenvalue weighted by Crippen LogP contribution is -2.13. The second kappa shape index (κ2) is 8.63. The highest BCUT2D eigenvalue weighted by atomic mass is 35.5. The van der Waals surface area contributed by atoms with Gasteiger partial charge in [-0.2, -0.15) is 5.26 Å². The van der Waals surface area contributed by atoms with Crippen LogP contribution in [0.15, 0.2) is 60.3 Å². The summed E-state index contributed by atoms with van der Waals surface area (Å²) in [4.78, 5) is 17.6. The summed E-state index contributed by atoms with van der Waals surface area (Å²) in [6, 6.07) is 17.2. The van der Waals surface area contributed by atoms with Crippen LogP contribution >= 0.6 is 22.9 Å². The lowest BCUT2D eigenvalue weighted by atomic mass is 10.1. The molecule has 0 saturated heterocycles. The van der Waals surface area contributed by atoms with Gasteiger partial charge in [-0.1, -0.05) is 54.1 Å². The lowest BCUT2D eigenvalue weighted by molar-refractivity contribution is -0.112. The number of benzene rings is 2. The summed E-state index contributed by atoms with van der Waals surface area (Å²) in [7, 11) is 0. The smallest absolute Gasteiger partial charge is 0.268 e. The molecule has 4 nitrogen and oxygen atoms in total. The highest BCUT2D eigenvalue weighted by Gasteiger charge is 2.13. The van der Waals surface area contributed by atoms with Crippen LogP contribution in [-0.4, -0.2) is 10.9 Å². The molecule has 134 valence electrons. The second-order valence-electron chi connectivity index (χ2n) is 5.88. The number of nitrogens with zero attached hydrogens (tertiary/aromatic N) is 2. The minimum atomic E-state index is -0.473. The van der Waals surface area contributed by atoms with Crippen LogP contribution in [0.2, 0.25) is 5.02 Å². The fourth-order valence-corrected chi connectivity index (χ4v) is 3.53. The molecule has 27 heavy (non-hydrogen) atoms. The molecule has 0 fully saturated rings. The van der Waals surface area contributed by atoms with Crippen LogP contribution in [0, 0.1) is 18.3 Å². The third kappa shape index (κ3) is 4.82. The van der Waals surface area contributed by atoms with Gasteiger partial charge in [0.25, 0.3) is 5.91 Å². The van der Waals surface area contributed by atoms with Crippen molar-refractivity contribution in [1.82, 2.24) is 4.98 Å². The van der Waals surface area contributed by atoms with Crippen molar-refractivity contribution in [3.05, 3.63) is 86.9 Å². The van der Waals surface area contributed by atoms with Gasteiger partial charge >= 0.3 is 0 Å². The number of nitrogens with one attached hydrogen (secondary N) is 1. The van der Waals surface area contributed by atoms with Crippen molar-refractivity contribution in [2.45, 2.75) is 13.3 Å². The minimum absolute atomic E-state index is 0.0344. The topological polar surface area (TPSA) is 65.8 Å². The van der Waals surface area contributed by atoms with Crippen LogP contribution in [0.4, 0.5) is 5.13 Å². The van der Waals surface area contributed by atoms with Crippen molar-refractivity contribution in [2.75, 3.05) is 5.32 Å². The molecule has 1 aromatic heterocycles. The van der Waals surface area contributed by atoms with Crippen LogP contribution in [0.5, 0.6) is 0 Å². The van der Waals surface area contributed by atoms with E-state index in [0.29, 0.717) is 16.6 Å². The average molecular weight is 394 g/mol. The van der Waals surface area contributed by atoms with Crippen LogP contribution in [0.3, 0.4) is 0 Å². The number of hydrogen-bond acceptors (Lipinski definition) is 4. The third-order valence-electron chi connectivity index (χ3n) is 3.95. The number of carbonyl (C=O) groups excluding carboxylic acids is 1. The lowest BCUT2D eigenvalue weighted by Gasteiger charge is -2.03. The minimum Gasteiger partial charge on any atom is -0.297 e. The van der Waals surface area contributed by atoms with E-state index in [1.807, 2.05) is 61.5 Å². The molecule has 0 aliphatic rings. The number of aryl methyl sites for hydroxylation is 1. The van der Waals surface area contributed by atoms with E-state index in [2.05, 4.69) is 10.3 Å². The van der Waals surface area contributed by atoms with Gasteiger partial charge in [-0.3, -0.25) is 10.1 Å². The molecule has 1 N–H and O–H groups in total. The molecular weight excluding hydrogens is 378 g/mol. The Balaban J connectivity index is 1.73. The molecule has 0 spiro atoms. The maximum absolute atomic E-state index is 12.4. The number of carbonyl (C=O) groups is 1. The van der Waals surface area contributed by atoms with E-state index in [0.717, 1.165) is 21.6 Å². The van der Waals surface area contributed by atoms with E-state index in [-0.39, 0.29) is 5.57 Å². The van der Waals surface area contributed by atoms with E-state index in [1.54, 1.807) is 12.3 Å². The largest absolute Gasteiger partial charge is 0.297 e. The summed E-state index contributed by atoms with van der Waals surface area (Å²) < 4.78 is 0. The Labute approximate surface area is 166 Å².